The van der Waals surface area contributed by atoms with Crippen LogP contribution in [-0.2, 0) is 14.4 Å². The van der Waals surface area contributed by atoms with E-state index < -0.39 is 60.6 Å². The third-order valence-corrected chi connectivity index (χ3v) is 5.79. The van der Waals surface area contributed by atoms with Crippen molar-refractivity contribution < 1.29 is 31.9 Å². The van der Waals surface area contributed by atoms with E-state index in [4.69, 9.17) is 5.73 Å². The van der Waals surface area contributed by atoms with Crippen LogP contribution in [0.3, 0.4) is 0 Å². The molecule has 0 fully saturated rings. The summed E-state index contributed by atoms with van der Waals surface area (Å²) in [4.78, 5) is 42.0. The second kappa shape index (κ2) is 10.2. The van der Waals surface area contributed by atoms with E-state index in [0.717, 1.165) is 0 Å². The number of carbonyl (C=O) groups is 3. The van der Waals surface area contributed by atoms with Gasteiger partial charge in [-0.3, -0.25) is 14.4 Å². The van der Waals surface area contributed by atoms with Gasteiger partial charge in [0.15, 0.2) is 0 Å². The van der Waals surface area contributed by atoms with Crippen molar-refractivity contribution in [3.05, 3.63) is 65.0 Å². The number of nitrogens with two attached hydrogens (primary N) is 1. The van der Waals surface area contributed by atoms with Gasteiger partial charge in [0.05, 0.1) is 11.4 Å². The maximum absolute atomic E-state index is 14.0. The molecule has 7 nitrogen and oxygen atoms in total. The Bertz CT molecular complexity index is 1180. The number of halogens is 4. The molecule has 1 heterocycles. The van der Waals surface area contributed by atoms with E-state index in [1.807, 2.05) is 0 Å². The largest absolute Gasteiger partial charge is 0.389 e. The number of hydrogen-bond acceptors (Lipinski definition) is 4. The number of hydrogen-bond donors (Lipinski definition) is 3. The fourth-order valence-electron chi connectivity index (χ4n) is 3.81. The molecular formula is C24H24F4N4O3. The van der Waals surface area contributed by atoms with Crippen molar-refractivity contribution in [1.29, 1.82) is 0 Å². The molecule has 0 aliphatic carbocycles. The van der Waals surface area contributed by atoms with Gasteiger partial charge in [0, 0.05) is 29.4 Å². The molecule has 0 aromatic heterocycles. The van der Waals surface area contributed by atoms with E-state index in [1.54, 1.807) is 31.2 Å². The van der Waals surface area contributed by atoms with Crippen LogP contribution >= 0.6 is 0 Å². The van der Waals surface area contributed by atoms with Gasteiger partial charge < -0.3 is 16.4 Å². The summed E-state index contributed by atoms with van der Waals surface area (Å²) in [5.41, 5.74) is 7.31. The molecule has 3 amide bonds. The first-order valence-corrected chi connectivity index (χ1v) is 10.8. The predicted molar refractivity (Wildman–Crippen MR) is 121 cm³/mol. The monoisotopic (exact) mass is 492 g/mol. The molecular weight excluding hydrogens is 468 g/mol. The van der Waals surface area contributed by atoms with Crippen LogP contribution in [0.15, 0.2) is 47.5 Å². The van der Waals surface area contributed by atoms with Gasteiger partial charge in [0.2, 0.25) is 18.0 Å². The Morgan fingerprint density at radius 1 is 1.20 bits per heavy atom. The number of alkyl halides is 3. The molecule has 186 valence electrons. The number of aliphatic imine (C=N–C) groups is 1. The van der Waals surface area contributed by atoms with E-state index in [2.05, 4.69) is 15.6 Å². The summed E-state index contributed by atoms with van der Waals surface area (Å²) in [6.45, 7) is 2.99. The van der Waals surface area contributed by atoms with Gasteiger partial charge in [-0.05, 0) is 31.0 Å². The smallest absolute Gasteiger partial charge is 0.369 e. The summed E-state index contributed by atoms with van der Waals surface area (Å²) in [7, 11) is 0. The summed E-state index contributed by atoms with van der Waals surface area (Å²) in [5.74, 6) is -5.90. The molecule has 2 aromatic rings. The number of para-hydroxylation sites is 1. The molecule has 35 heavy (non-hydrogen) atoms. The number of carbonyl (C=O) groups excluding carboxylic acids is 3. The van der Waals surface area contributed by atoms with E-state index in [-0.39, 0.29) is 5.71 Å². The normalized spacial score (nSPS) is 17.4. The van der Waals surface area contributed by atoms with Crippen molar-refractivity contribution in [3.8, 4) is 0 Å². The van der Waals surface area contributed by atoms with Gasteiger partial charge in [0.25, 0.3) is 5.91 Å². The lowest BCUT2D eigenvalue weighted by Crippen LogP contribution is -2.47. The lowest BCUT2D eigenvalue weighted by molar-refractivity contribution is -0.146. The molecule has 3 atom stereocenters. The third kappa shape index (κ3) is 6.23. The minimum atomic E-state index is -4.56. The maximum atomic E-state index is 14.0. The molecule has 1 aliphatic heterocycles. The zero-order chi connectivity index (χ0) is 25.9. The van der Waals surface area contributed by atoms with Crippen molar-refractivity contribution in [1.82, 2.24) is 5.32 Å². The Morgan fingerprint density at radius 2 is 1.89 bits per heavy atom. The van der Waals surface area contributed by atoms with Gasteiger partial charge >= 0.3 is 6.18 Å². The van der Waals surface area contributed by atoms with Crippen molar-refractivity contribution in [2.45, 2.75) is 39.0 Å². The molecule has 0 unspecified atom stereocenters. The van der Waals surface area contributed by atoms with Crippen LogP contribution in [0.5, 0.6) is 0 Å². The summed E-state index contributed by atoms with van der Waals surface area (Å²) in [6.07, 6.45) is -8.13. The second-order valence-corrected chi connectivity index (χ2v) is 8.34. The number of nitrogens with zero attached hydrogens (tertiary/aromatic N) is 1. The number of aryl methyl sites for hydroxylation is 1. The van der Waals surface area contributed by atoms with Crippen LogP contribution in [0.1, 0.15) is 36.5 Å². The highest BCUT2D eigenvalue weighted by atomic mass is 19.4. The van der Waals surface area contributed by atoms with Crippen LogP contribution in [0.4, 0.5) is 23.2 Å². The highest BCUT2D eigenvalue weighted by molar-refractivity contribution is 6.20. The number of fused-ring (bicyclic) bond motifs is 1. The van der Waals surface area contributed by atoms with Gasteiger partial charge in [0.1, 0.15) is 5.82 Å². The van der Waals surface area contributed by atoms with E-state index in [0.29, 0.717) is 22.4 Å². The number of benzodiazepines with no additional fused rings is 1. The Morgan fingerprint density at radius 3 is 2.51 bits per heavy atom. The standard InChI is InChI=1S/C24H24F4N4O3/c1-12-5-3-8-17-18(12)31-23(35)21(30-19(17)14-6-4-7-15(25)11-14)32-22(34)16(13(2)20(29)33)9-10-24(26,27)28/h3-8,11,13,16,21H,9-10H2,1-2H3,(H2,29,33)(H,31,35)(H,32,34)/t13-,16+,21+/m0/s1. The minimum Gasteiger partial charge on any atom is -0.369 e. The van der Waals surface area contributed by atoms with Crippen molar-refractivity contribution in [3.63, 3.8) is 0 Å². The molecule has 4 N–H and O–H groups in total. The average molecular weight is 492 g/mol. The number of amides is 3. The molecule has 0 radical (unpaired) electrons. The quantitative estimate of drug-likeness (QED) is 0.515. The van der Waals surface area contributed by atoms with Gasteiger partial charge in [-0.15, -0.1) is 0 Å². The molecule has 2 aromatic carbocycles. The Balaban J connectivity index is 2.00. The van der Waals surface area contributed by atoms with Crippen LogP contribution in [0.2, 0.25) is 0 Å². The third-order valence-electron chi connectivity index (χ3n) is 5.79. The van der Waals surface area contributed by atoms with E-state index >= 15 is 0 Å². The highest BCUT2D eigenvalue weighted by Gasteiger charge is 2.37. The lowest BCUT2D eigenvalue weighted by Gasteiger charge is -2.23. The number of nitrogens with one attached hydrogen (secondary N) is 2. The zero-order valence-electron chi connectivity index (χ0n) is 18.9. The molecule has 0 bridgehead atoms. The first-order chi connectivity index (χ1) is 16.4. The molecule has 0 spiro atoms. The Hall–Kier alpha value is -3.76. The summed E-state index contributed by atoms with van der Waals surface area (Å²) in [5, 5.41) is 5.02. The minimum absolute atomic E-state index is 0.196. The number of benzene rings is 2. The second-order valence-electron chi connectivity index (χ2n) is 8.34. The predicted octanol–water partition coefficient (Wildman–Crippen LogP) is 3.45. The zero-order valence-corrected chi connectivity index (χ0v) is 18.9. The van der Waals surface area contributed by atoms with Crippen molar-refractivity contribution in [2.75, 3.05) is 5.32 Å². The number of anilines is 1. The lowest BCUT2D eigenvalue weighted by atomic mass is 9.88. The van der Waals surface area contributed by atoms with Crippen LogP contribution < -0.4 is 16.4 Å². The first kappa shape index (κ1) is 25.9. The Labute approximate surface area is 198 Å². The summed E-state index contributed by atoms with van der Waals surface area (Å²) < 4.78 is 52.4. The van der Waals surface area contributed by atoms with Crippen molar-refractivity contribution in [2.24, 2.45) is 22.6 Å². The van der Waals surface area contributed by atoms with Crippen molar-refractivity contribution >= 4 is 29.1 Å². The summed E-state index contributed by atoms with van der Waals surface area (Å²) in [6, 6.07) is 10.6. The van der Waals surface area contributed by atoms with Gasteiger partial charge in [-0.1, -0.05) is 37.3 Å². The van der Waals surface area contributed by atoms with Crippen LogP contribution in [0.25, 0.3) is 0 Å². The van der Waals surface area contributed by atoms with E-state index in [1.165, 1.54) is 25.1 Å². The molecule has 0 saturated carbocycles. The molecule has 3 rings (SSSR count). The van der Waals surface area contributed by atoms with Gasteiger partial charge in [-0.25, -0.2) is 9.38 Å². The topological polar surface area (TPSA) is 114 Å². The van der Waals surface area contributed by atoms with Crippen LogP contribution in [-0.4, -0.2) is 35.8 Å². The fraction of sp³-hybridized carbons (Fsp3) is 0.333. The first-order valence-electron chi connectivity index (χ1n) is 10.8. The SMILES string of the molecule is Cc1cccc2c1NC(=O)[C@@H](NC(=O)[C@H](CCC(F)(F)F)[C@H](C)C(N)=O)N=C2c1cccc(F)c1. The highest BCUT2D eigenvalue weighted by Crippen LogP contribution is 2.29. The molecule has 0 saturated heterocycles. The Kier molecular flexibility index (Phi) is 7.57. The maximum Gasteiger partial charge on any atom is 0.389 e. The van der Waals surface area contributed by atoms with Crippen LogP contribution in [0, 0.1) is 24.6 Å². The van der Waals surface area contributed by atoms with E-state index in [9.17, 15) is 31.9 Å². The average Bonchev–Trinajstić information content (AvgIpc) is 2.90. The number of rotatable bonds is 7. The summed E-state index contributed by atoms with van der Waals surface area (Å²) >= 11 is 0. The fourth-order valence-corrected chi connectivity index (χ4v) is 3.81. The number of primary amides is 1. The molecule has 11 heteroatoms. The molecule has 1 aliphatic rings. The van der Waals surface area contributed by atoms with Gasteiger partial charge in [-0.2, -0.15) is 13.2 Å².